The van der Waals surface area contributed by atoms with E-state index in [1.165, 1.54) is 11.1 Å². The highest BCUT2D eigenvalue weighted by Gasteiger charge is 2.10. The van der Waals surface area contributed by atoms with Crippen LogP contribution >= 0.6 is 24.0 Å². The van der Waals surface area contributed by atoms with Gasteiger partial charge >= 0.3 is 0 Å². The zero-order valence-corrected chi connectivity index (χ0v) is 19.1. The van der Waals surface area contributed by atoms with Crippen molar-refractivity contribution in [3.63, 3.8) is 0 Å². The molecule has 3 aromatic rings. The Kier molecular flexibility index (Phi) is 8.69. The van der Waals surface area contributed by atoms with E-state index in [4.69, 9.17) is 4.99 Å². The SMILES string of the molecule is CCNC(=NCCCc1nnc2ccccn12)NC(C)c1ccccc1C.I. The van der Waals surface area contributed by atoms with Crippen LogP contribution in [0.4, 0.5) is 0 Å². The molecule has 0 spiro atoms. The molecule has 2 N–H and O–H groups in total. The van der Waals surface area contributed by atoms with E-state index < -0.39 is 0 Å². The number of nitrogens with zero attached hydrogens (tertiary/aromatic N) is 4. The highest BCUT2D eigenvalue weighted by Crippen LogP contribution is 2.16. The topological polar surface area (TPSA) is 66.6 Å². The minimum Gasteiger partial charge on any atom is -0.357 e. The Balaban J connectivity index is 0.00000280. The van der Waals surface area contributed by atoms with Crippen LogP contribution in [0.15, 0.2) is 53.7 Å². The second-order valence-corrected chi connectivity index (χ2v) is 6.63. The van der Waals surface area contributed by atoms with E-state index in [0.717, 1.165) is 43.4 Å². The summed E-state index contributed by atoms with van der Waals surface area (Å²) in [5.41, 5.74) is 3.46. The van der Waals surface area contributed by atoms with Gasteiger partial charge in [0.2, 0.25) is 0 Å². The van der Waals surface area contributed by atoms with Gasteiger partial charge in [0, 0.05) is 25.7 Å². The zero-order chi connectivity index (χ0) is 19.1. The van der Waals surface area contributed by atoms with Gasteiger partial charge in [0.25, 0.3) is 0 Å². The molecule has 150 valence electrons. The number of halogens is 1. The van der Waals surface area contributed by atoms with E-state index in [2.05, 4.69) is 65.9 Å². The number of rotatable bonds is 7. The summed E-state index contributed by atoms with van der Waals surface area (Å²) >= 11 is 0. The van der Waals surface area contributed by atoms with Crippen molar-refractivity contribution in [3.05, 3.63) is 65.6 Å². The van der Waals surface area contributed by atoms with Gasteiger partial charge in [0.1, 0.15) is 5.82 Å². The maximum atomic E-state index is 4.73. The molecule has 0 bridgehead atoms. The number of hydrogen-bond acceptors (Lipinski definition) is 3. The van der Waals surface area contributed by atoms with E-state index in [-0.39, 0.29) is 30.0 Å². The van der Waals surface area contributed by atoms with Gasteiger partial charge in [0.05, 0.1) is 6.04 Å². The van der Waals surface area contributed by atoms with Crippen LogP contribution in [0.1, 0.15) is 43.3 Å². The molecular weight excluding hydrogens is 463 g/mol. The molecule has 7 heteroatoms. The number of aromatic nitrogens is 3. The van der Waals surface area contributed by atoms with Gasteiger partial charge < -0.3 is 10.6 Å². The molecule has 2 heterocycles. The van der Waals surface area contributed by atoms with Crippen molar-refractivity contribution in [1.29, 1.82) is 0 Å². The Morgan fingerprint density at radius 1 is 1.14 bits per heavy atom. The second-order valence-electron chi connectivity index (χ2n) is 6.63. The molecule has 1 atom stereocenters. The lowest BCUT2D eigenvalue weighted by molar-refractivity contribution is 0.677. The van der Waals surface area contributed by atoms with Crippen LogP contribution in [-0.2, 0) is 6.42 Å². The molecular formula is C21H29IN6. The van der Waals surface area contributed by atoms with Crippen LogP contribution in [0.3, 0.4) is 0 Å². The summed E-state index contributed by atoms with van der Waals surface area (Å²) in [7, 11) is 0. The van der Waals surface area contributed by atoms with Gasteiger partial charge in [-0.1, -0.05) is 30.3 Å². The van der Waals surface area contributed by atoms with Crippen molar-refractivity contribution in [2.24, 2.45) is 4.99 Å². The van der Waals surface area contributed by atoms with Crippen molar-refractivity contribution < 1.29 is 0 Å². The molecule has 0 saturated carbocycles. The Hall–Kier alpha value is -2.16. The standard InChI is InChI=1S/C21H28N6.HI/c1-4-22-21(24-17(3)18-11-6-5-10-16(18)2)23-14-9-13-20-26-25-19-12-7-8-15-27(19)20;/h5-8,10-12,15,17H,4,9,13-14H2,1-3H3,(H2,22,23,24);1H. The van der Waals surface area contributed by atoms with Crippen LogP contribution in [0.5, 0.6) is 0 Å². The number of nitrogens with one attached hydrogen (secondary N) is 2. The molecule has 28 heavy (non-hydrogen) atoms. The smallest absolute Gasteiger partial charge is 0.191 e. The first kappa shape index (κ1) is 22.1. The summed E-state index contributed by atoms with van der Waals surface area (Å²) in [6.45, 7) is 7.95. The largest absolute Gasteiger partial charge is 0.357 e. The lowest BCUT2D eigenvalue weighted by Gasteiger charge is -2.19. The number of guanidine groups is 1. The van der Waals surface area contributed by atoms with E-state index in [0.29, 0.717) is 0 Å². The second kappa shape index (κ2) is 11.0. The molecule has 0 aliphatic rings. The van der Waals surface area contributed by atoms with E-state index in [1.807, 2.05) is 28.8 Å². The van der Waals surface area contributed by atoms with E-state index in [9.17, 15) is 0 Å². The van der Waals surface area contributed by atoms with Gasteiger partial charge in [-0.15, -0.1) is 34.2 Å². The average molecular weight is 492 g/mol. The molecule has 1 aromatic carbocycles. The molecule has 6 nitrogen and oxygen atoms in total. The number of fused-ring (bicyclic) bond motifs is 1. The first-order valence-corrected chi connectivity index (χ1v) is 9.58. The van der Waals surface area contributed by atoms with Crippen LogP contribution in [-0.4, -0.2) is 33.6 Å². The van der Waals surface area contributed by atoms with Crippen LogP contribution in [0, 0.1) is 6.92 Å². The Labute approximate surface area is 183 Å². The van der Waals surface area contributed by atoms with Gasteiger partial charge in [-0.05, 0) is 50.5 Å². The van der Waals surface area contributed by atoms with Crippen molar-refractivity contribution in [3.8, 4) is 0 Å². The molecule has 0 amide bonds. The minimum atomic E-state index is 0. The van der Waals surface area contributed by atoms with Crippen molar-refractivity contribution in [2.45, 2.75) is 39.7 Å². The van der Waals surface area contributed by atoms with Gasteiger partial charge in [0.15, 0.2) is 11.6 Å². The summed E-state index contributed by atoms with van der Waals surface area (Å²) in [5.74, 6) is 1.83. The number of aryl methyl sites for hydroxylation is 2. The maximum absolute atomic E-state index is 4.73. The third-order valence-corrected chi connectivity index (χ3v) is 4.57. The highest BCUT2D eigenvalue weighted by atomic mass is 127. The molecule has 1 unspecified atom stereocenters. The summed E-state index contributed by atoms with van der Waals surface area (Å²) in [6, 6.07) is 14.6. The fraction of sp³-hybridized carbons (Fsp3) is 0.381. The van der Waals surface area contributed by atoms with Crippen LogP contribution in [0.25, 0.3) is 5.65 Å². The highest BCUT2D eigenvalue weighted by molar-refractivity contribution is 14.0. The Morgan fingerprint density at radius 3 is 2.71 bits per heavy atom. The molecule has 3 rings (SSSR count). The Bertz CT molecular complexity index is 905. The van der Waals surface area contributed by atoms with Crippen LogP contribution < -0.4 is 10.6 Å². The first-order chi connectivity index (χ1) is 13.2. The number of benzene rings is 1. The van der Waals surface area contributed by atoms with Crippen LogP contribution in [0.2, 0.25) is 0 Å². The Morgan fingerprint density at radius 2 is 1.93 bits per heavy atom. The first-order valence-electron chi connectivity index (χ1n) is 9.58. The predicted octanol–water partition coefficient (Wildman–Crippen LogP) is 3.90. The third-order valence-electron chi connectivity index (χ3n) is 4.57. The number of hydrogen-bond donors (Lipinski definition) is 2. The van der Waals surface area contributed by atoms with Gasteiger partial charge in [-0.25, -0.2) is 0 Å². The fourth-order valence-electron chi connectivity index (χ4n) is 3.16. The third kappa shape index (κ3) is 5.67. The van der Waals surface area contributed by atoms with Gasteiger partial charge in [-0.2, -0.15) is 0 Å². The average Bonchev–Trinajstić information content (AvgIpc) is 3.09. The lowest BCUT2D eigenvalue weighted by Crippen LogP contribution is -2.39. The minimum absolute atomic E-state index is 0. The molecule has 0 radical (unpaired) electrons. The van der Waals surface area contributed by atoms with Crippen molar-refractivity contribution >= 4 is 35.6 Å². The normalized spacial score (nSPS) is 12.5. The summed E-state index contributed by atoms with van der Waals surface area (Å²) in [4.78, 5) is 4.73. The molecule has 2 aromatic heterocycles. The molecule has 0 fully saturated rings. The number of pyridine rings is 1. The zero-order valence-electron chi connectivity index (χ0n) is 16.7. The maximum Gasteiger partial charge on any atom is 0.191 e. The van der Waals surface area contributed by atoms with Crippen molar-refractivity contribution in [1.82, 2.24) is 25.2 Å². The quantitative estimate of drug-likeness (QED) is 0.227. The van der Waals surface area contributed by atoms with Gasteiger partial charge in [-0.3, -0.25) is 9.39 Å². The molecule has 0 aliphatic carbocycles. The van der Waals surface area contributed by atoms with E-state index in [1.54, 1.807) is 0 Å². The summed E-state index contributed by atoms with van der Waals surface area (Å²) in [6.07, 6.45) is 3.77. The van der Waals surface area contributed by atoms with E-state index >= 15 is 0 Å². The predicted molar refractivity (Wildman–Crippen MR) is 125 cm³/mol. The lowest BCUT2D eigenvalue weighted by atomic mass is 10.0. The van der Waals surface area contributed by atoms with Crippen molar-refractivity contribution in [2.75, 3.05) is 13.1 Å². The molecule has 0 saturated heterocycles. The summed E-state index contributed by atoms with van der Waals surface area (Å²) < 4.78 is 2.04. The molecule has 0 aliphatic heterocycles. The fourth-order valence-corrected chi connectivity index (χ4v) is 3.16. The monoisotopic (exact) mass is 492 g/mol. The summed E-state index contributed by atoms with van der Waals surface area (Å²) in [5, 5.41) is 15.3. The number of aliphatic imine (C=N–C) groups is 1.